The standard InChI is InChI=1S/C22H30FN4O9P/c1-13(2)34-17(28)14(3)26-37(32,36-15-8-6-5-7-9-15)33-12-22(23)18(29)21(4,31)19(35-22)27-11-10-16(24)25-20(27)30/h5-11,13-14,18-19,29,31H,12H2,1-4H3,(H,26,32)(H2,24,25,30)/t14-,18-,19+,21+,22+,37-/m0/s1. The van der Waals surface area contributed by atoms with E-state index in [1.807, 2.05) is 0 Å². The molecule has 3 rings (SSSR count). The third-order valence-corrected chi connectivity index (χ3v) is 6.95. The second-order valence-corrected chi connectivity index (χ2v) is 10.6. The summed E-state index contributed by atoms with van der Waals surface area (Å²) in [6, 6.07) is 7.73. The van der Waals surface area contributed by atoms with Crippen LogP contribution in [0.3, 0.4) is 0 Å². The Kier molecular flexibility index (Phi) is 8.42. The third-order valence-electron chi connectivity index (χ3n) is 5.33. The zero-order valence-electron chi connectivity index (χ0n) is 20.6. The lowest BCUT2D eigenvalue weighted by Gasteiger charge is -2.29. The Morgan fingerprint density at radius 1 is 1.32 bits per heavy atom. The van der Waals surface area contributed by atoms with Gasteiger partial charge in [-0.15, -0.1) is 0 Å². The molecule has 1 fully saturated rings. The molecule has 1 aromatic heterocycles. The second-order valence-electron chi connectivity index (χ2n) is 8.94. The largest absolute Gasteiger partial charge is 0.462 e. The van der Waals surface area contributed by atoms with Gasteiger partial charge in [0, 0.05) is 6.20 Å². The number of hydrogen-bond acceptors (Lipinski definition) is 11. The Hall–Kier alpha value is -2.87. The fourth-order valence-electron chi connectivity index (χ4n) is 3.50. The summed E-state index contributed by atoms with van der Waals surface area (Å²) in [6.07, 6.45) is -3.38. The number of carbonyl (C=O) groups excluding carboxylic acids is 1. The number of aliphatic hydroxyl groups excluding tert-OH is 1. The van der Waals surface area contributed by atoms with Gasteiger partial charge in [0.15, 0.2) is 6.23 Å². The summed E-state index contributed by atoms with van der Waals surface area (Å²) in [4.78, 5) is 28.0. The van der Waals surface area contributed by atoms with E-state index in [1.54, 1.807) is 32.0 Å². The van der Waals surface area contributed by atoms with E-state index in [1.165, 1.54) is 25.1 Å². The number of para-hydroxylation sites is 1. The molecule has 1 saturated heterocycles. The molecule has 1 aliphatic heterocycles. The summed E-state index contributed by atoms with van der Waals surface area (Å²) in [6.45, 7) is 4.38. The van der Waals surface area contributed by atoms with E-state index in [0.29, 0.717) is 0 Å². The van der Waals surface area contributed by atoms with Gasteiger partial charge in [-0.25, -0.2) is 13.8 Å². The van der Waals surface area contributed by atoms with Crippen LogP contribution in [0.25, 0.3) is 0 Å². The van der Waals surface area contributed by atoms with Crippen LogP contribution in [0.15, 0.2) is 47.4 Å². The summed E-state index contributed by atoms with van der Waals surface area (Å²) >= 11 is 0. The summed E-state index contributed by atoms with van der Waals surface area (Å²) in [7, 11) is -4.53. The number of aliphatic hydroxyl groups is 2. The van der Waals surface area contributed by atoms with Crippen molar-refractivity contribution >= 4 is 19.5 Å². The van der Waals surface area contributed by atoms with Crippen molar-refractivity contribution in [2.45, 2.75) is 63.6 Å². The van der Waals surface area contributed by atoms with Crippen molar-refractivity contribution in [2.24, 2.45) is 0 Å². The van der Waals surface area contributed by atoms with E-state index >= 15 is 4.39 Å². The monoisotopic (exact) mass is 544 g/mol. The molecule has 0 spiro atoms. The molecule has 37 heavy (non-hydrogen) atoms. The number of nitrogen functional groups attached to an aromatic ring is 1. The Bertz CT molecular complexity index is 1210. The number of nitrogens with zero attached hydrogens (tertiary/aromatic N) is 2. The quantitative estimate of drug-likeness (QED) is 0.248. The van der Waals surface area contributed by atoms with Crippen LogP contribution >= 0.6 is 7.75 Å². The van der Waals surface area contributed by atoms with Gasteiger partial charge in [0.25, 0.3) is 5.85 Å². The van der Waals surface area contributed by atoms with Crippen LogP contribution < -0.4 is 21.0 Å². The molecule has 0 radical (unpaired) electrons. The molecule has 15 heteroatoms. The first-order valence-corrected chi connectivity index (χ1v) is 12.8. The van der Waals surface area contributed by atoms with Crippen molar-refractivity contribution < 1.29 is 42.5 Å². The van der Waals surface area contributed by atoms with Crippen LogP contribution in [0, 0.1) is 0 Å². The molecule has 5 N–H and O–H groups in total. The van der Waals surface area contributed by atoms with Crippen molar-refractivity contribution in [1.29, 1.82) is 0 Å². The lowest BCUT2D eigenvalue weighted by atomic mass is 9.95. The number of nitrogens with one attached hydrogen (secondary N) is 1. The van der Waals surface area contributed by atoms with Gasteiger partial charge >= 0.3 is 19.4 Å². The SMILES string of the molecule is CC(C)OC(=O)[C@H](C)N[P@](=O)(OC[C@@]1(F)O[C@@H](n2ccc(N)nc2=O)[C@](C)(O)[C@@H]1O)Oc1ccccc1. The van der Waals surface area contributed by atoms with Crippen LogP contribution in [-0.4, -0.2) is 62.0 Å². The van der Waals surface area contributed by atoms with Gasteiger partial charge in [0.2, 0.25) is 0 Å². The van der Waals surface area contributed by atoms with Crippen LogP contribution in [-0.2, 0) is 23.4 Å². The van der Waals surface area contributed by atoms with Crippen LogP contribution in [0.4, 0.5) is 10.2 Å². The summed E-state index contributed by atoms with van der Waals surface area (Å²) in [5.74, 6) is -4.01. The van der Waals surface area contributed by atoms with Crippen molar-refractivity contribution in [3.63, 3.8) is 0 Å². The minimum absolute atomic E-state index is 0.0629. The number of hydrogen-bond donors (Lipinski definition) is 4. The molecule has 6 atom stereocenters. The normalized spacial score (nSPS) is 28.0. The summed E-state index contributed by atoms with van der Waals surface area (Å²) < 4.78 is 51.2. The molecule has 0 unspecified atom stereocenters. The molecule has 2 heterocycles. The topological polar surface area (TPSA) is 184 Å². The number of carbonyl (C=O) groups is 1. The maximum atomic E-state index is 15.9. The van der Waals surface area contributed by atoms with Gasteiger partial charge < -0.3 is 29.9 Å². The number of halogens is 1. The van der Waals surface area contributed by atoms with E-state index in [-0.39, 0.29) is 11.6 Å². The Balaban J connectivity index is 1.85. The van der Waals surface area contributed by atoms with Gasteiger partial charge in [0.05, 0.1) is 6.10 Å². The summed E-state index contributed by atoms with van der Waals surface area (Å²) in [5, 5.41) is 23.8. The van der Waals surface area contributed by atoms with Crippen LogP contribution in [0.2, 0.25) is 0 Å². The maximum Gasteiger partial charge on any atom is 0.459 e. The molecule has 204 valence electrons. The van der Waals surface area contributed by atoms with Gasteiger partial charge in [-0.1, -0.05) is 18.2 Å². The van der Waals surface area contributed by atoms with Gasteiger partial charge in [-0.3, -0.25) is 13.9 Å². The smallest absolute Gasteiger partial charge is 0.459 e. The van der Waals surface area contributed by atoms with Crippen LogP contribution in [0.1, 0.15) is 33.9 Å². The van der Waals surface area contributed by atoms with E-state index in [2.05, 4.69) is 10.1 Å². The number of anilines is 1. The highest BCUT2D eigenvalue weighted by Gasteiger charge is 2.63. The fraction of sp³-hybridized carbons (Fsp3) is 0.500. The van der Waals surface area contributed by atoms with Gasteiger partial charge in [-0.2, -0.15) is 10.1 Å². The first kappa shape index (κ1) is 28.7. The zero-order chi connectivity index (χ0) is 27.6. The number of aromatic nitrogens is 2. The number of ether oxygens (including phenoxy) is 2. The lowest BCUT2D eigenvalue weighted by Crippen LogP contribution is -2.50. The highest BCUT2D eigenvalue weighted by Crippen LogP contribution is 2.50. The van der Waals surface area contributed by atoms with Crippen molar-refractivity contribution in [3.05, 3.63) is 53.1 Å². The molecule has 0 amide bonds. The minimum atomic E-state index is -4.53. The predicted octanol–water partition coefficient (Wildman–Crippen LogP) is 1.27. The van der Waals surface area contributed by atoms with E-state index < -0.39 is 61.9 Å². The van der Waals surface area contributed by atoms with E-state index in [4.69, 9.17) is 24.3 Å². The van der Waals surface area contributed by atoms with Crippen molar-refractivity contribution in [3.8, 4) is 5.75 Å². The van der Waals surface area contributed by atoms with Gasteiger partial charge in [-0.05, 0) is 45.9 Å². The fourth-order valence-corrected chi connectivity index (χ4v) is 5.01. The molecule has 13 nitrogen and oxygen atoms in total. The summed E-state index contributed by atoms with van der Waals surface area (Å²) in [5.41, 5.74) is 2.14. The molecule has 1 aliphatic rings. The van der Waals surface area contributed by atoms with Gasteiger partial charge in [0.1, 0.15) is 35.9 Å². The van der Waals surface area contributed by atoms with E-state index in [9.17, 15) is 24.4 Å². The first-order chi connectivity index (χ1) is 17.2. The highest BCUT2D eigenvalue weighted by atomic mass is 31.2. The Morgan fingerprint density at radius 3 is 2.57 bits per heavy atom. The Labute approximate surface area is 211 Å². The van der Waals surface area contributed by atoms with Crippen LogP contribution in [0.5, 0.6) is 5.75 Å². The second kappa shape index (κ2) is 10.9. The number of benzene rings is 1. The first-order valence-electron chi connectivity index (χ1n) is 11.3. The molecule has 0 aliphatic carbocycles. The molecule has 1 aromatic carbocycles. The molecule has 0 bridgehead atoms. The highest BCUT2D eigenvalue weighted by molar-refractivity contribution is 7.52. The zero-order valence-corrected chi connectivity index (χ0v) is 21.5. The molecule has 0 saturated carbocycles. The maximum absolute atomic E-state index is 15.9. The molecular weight excluding hydrogens is 514 g/mol. The van der Waals surface area contributed by atoms with E-state index in [0.717, 1.165) is 17.7 Å². The molecule has 2 aromatic rings. The Morgan fingerprint density at radius 2 is 1.97 bits per heavy atom. The predicted molar refractivity (Wildman–Crippen MR) is 128 cm³/mol. The minimum Gasteiger partial charge on any atom is -0.462 e. The van der Waals surface area contributed by atoms with Crippen molar-refractivity contribution in [2.75, 3.05) is 12.3 Å². The lowest BCUT2D eigenvalue weighted by molar-refractivity contribution is -0.204. The average Bonchev–Trinajstić information content (AvgIpc) is 2.98. The molecular formula is C22H30FN4O9P. The number of alkyl halides is 1. The number of rotatable bonds is 10. The number of nitrogens with two attached hydrogens (primary N) is 1. The number of esters is 1. The van der Waals surface area contributed by atoms with Crippen molar-refractivity contribution in [1.82, 2.24) is 14.6 Å². The average molecular weight is 544 g/mol. The third kappa shape index (κ3) is 6.53.